The van der Waals surface area contributed by atoms with E-state index in [0.717, 1.165) is 0 Å². The molecule has 22 aromatic rings. The number of hydrogen-bond acceptors (Lipinski definition) is 0. The molecule has 0 nitrogen and oxygen atoms in total. The Morgan fingerprint density at radius 3 is 0.533 bits per heavy atom. The highest BCUT2D eigenvalue weighted by Gasteiger charge is 2.16. The molecule has 22 aromatic carbocycles. The summed E-state index contributed by atoms with van der Waals surface area (Å²) >= 11 is 0. The van der Waals surface area contributed by atoms with E-state index in [1.807, 2.05) is 0 Å². The van der Waals surface area contributed by atoms with E-state index in [-0.39, 0.29) is 0 Å². The van der Waals surface area contributed by atoms with Crippen molar-refractivity contribution in [2.24, 2.45) is 0 Å². The zero-order chi connectivity index (χ0) is 93.3. The highest BCUT2D eigenvalue weighted by atomic mass is 14.2. The van der Waals surface area contributed by atoms with Gasteiger partial charge in [0.15, 0.2) is 0 Å². The Balaban J connectivity index is 0.000000118. The molecule has 0 aromatic heterocycles. The molecule has 0 amide bonds. The third-order valence-corrected chi connectivity index (χ3v) is 25.0. The van der Waals surface area contributed by atoms with Crippen molar-refractivity contribution in [2.45, 2.75) is 34.6 Å². The van der Waals surface area contributed by atoms with Crippen LogP contribution in [0, 0.1) is 34.6 Å². The maximum atomic E-state index is 2.35. The Kier molecular flexibility index (Phi) is 29.3. The van der Waals surface area contributed by atoms with Gasteiger partial charge in [-0.1, -0.05) is 496 Å². The molecule has 0 heteroatoms. The van der Waals surface area contributed by atoms with Crippen LogP contribution in [0.3, 0.4) is 0 Å². The van der Waals surface area contributed by atoms with Gasteiger partial charge < -0.3 is 0 Å². The lowest BCUT2D eigenvalue weighted by molar-refractivity contribution is 1.45. The predicted octanol–water partition coefficient (Wildman–Crippen LogP) is 38.3. The van der Waals surface area contributed by atoms with Gasteiger partial charge in [-0.2, -0.15) is 0 Å². The molecule has 0 bridgehead atoms. The van der Waals surface area contributed by atoms with Gasteiger partial charge in [0.05, 0.1) is 0 Å². The van der Waals surface area contributed by atoms with Crippen LogP contribution in [0.25, 0.3) is 189 Å². The molecule has 0 radical (unpaired) electrons. The standard InChI is InChI=1S/C43H32.C31H24.C25H20.2C19H16/c1-31-22-36(42-27-38(32-14-6-2-7-15-32)25-39(28-42)33-16-8-3-9-17-33)24-37(23-31)43-29-40(34-18-10-4-11-19-34)26-41(30-43)35-20-12-5-13-21-35;1-23-18-30(28-16-8-14-26(20-28)24-10-4-2-5-11-24)22-31(19-23)29-17-9-15-27(21-29)25-12-6-3-7-13-25;1-19-8-5-11-21(16-19)23-13-7-15-25(18-23)24-14-6-12-22(17-24)20-9-3-2-4-10-20;1-15-12-13-18(16-8-4-2-5-9-16)19(14-15)17-10-6-3-7-11-17;1-15-8-5-6-13-19(15)18-12-7-11-17(14-18)16-9-3-2-4-10-16/h2-30H,1H3;2-22H,1H3;2-18H,1H3;2*2-14H,1H3. The third kappa shape index (κ3) is 23.5. The van der Waals surface area contributed by atoms with Crippen LogP contribution in [0.2, 0.25) is 0 Å². The average Bonchev–Trinajstić information content (AvgIpc) is 0.790. The van der Waals surface area contributed by atoms with E-state index >= 15 is 0 Å². The summed E-state index contributed by atoms with van der Waals surface area (Å²) in [7, 11) is 0. The molecule has 0 atom stereocenters. The second-order valence-corrected chi connectivity index (χ2v) is 35.1. The highest BCUT2D eigenvalue weighted by Crippen LogP contribution is 2.42. The second-order valence-electron chi connectivity index (χ2n) is 35.1. The summed E-state index contributed by atoms with van der Waals surface area (Å²) in [6.07, 6.45) is 0. The SMILES string of the molecule is Cc1cc(-c2cc(-c3ccccc3)cc(-c3ccccc3)c2)cc(-c2cc(-c3ccccc3)cc(-c3ccccc3)c2)c1.Cc1cc(-c2cccc(-c3ccccc3)c2)cc(-c2cccc(-c3ccccc3)c2)c1.Cc1ccc(-c2ccccc2)c(-c2ccccc2)c1.Cc1cccc(-c2cccc(-c3cccc(-c4ccccc4)c3)c2)c1.Cc1ccccc1-c1cccc(-c2ccccc2)c1. The van der Waals surface area contributed by atoms with Crippen LogP contribution in [0.4, 0.5) is 0 Å². The third-order valence-electron chi connectivity index (χ3n) is 25.0. The molecule has 0 saturated heterocycles. The zero-order valence-corrected chi connectivity index (χ0v) is 78.2. The number of rotatable bonds is 17. The molecular weight excluding hydrogens is 1650 g/mol. The summed E-state index contributed by atoms with van der Waals surface area (Å²) in [5, 5.41) is 0. The summed E-state index contributed by atoms with van der Waals surface area (Å²) in [5.41, 5.74) is 48.7. The fourth-order valence-electron chi connectivity index (χ4n) is 18.0. The van der Waals surface area contributed by atoms with E-state index in [9.17, 15) is 0 Å². The Morgan fingerprint density at radius 1 is 0.0803 bits per heavy atom. The summed E-state index contributed by atoms with van der Waals surface area (Å²) in [4.78, 5) is 0. The molecular formula is C137H108. The second kappa shape index (κ2) is 44.4. The van der Waals surface area contributed by atoms with Gasteiger partial charge in [-0.05, 0) is 319 Å². The maximum Gasteiger partial charge on any atom is -0.0103 e. The van der Waals surface area contributed by atoms with Crippen molar-refractivity contribution in [2.75, 3.05) is 0 Å². The lowest BCUT2D eigenvalue weighted by Gasteiger charge is -2.15. The molecule has 656 valence electrons. The number of benzene rings is 22. The van der Waals surface area contributed by atoms with Crippen molar-refractivity contribution in [1.82, 2.24) is 0 Å². The van der Waals surface area contributed by atoms with Gasteiger partial charge in [0.1, 0.15) is 0 Å². The van der Waals surface area contributed by atoms with Gasteiger partial charge in [-0.25, -0.2) is 0 Å². The van der Waals surface area contributed by atoms with Crippen molar-refractivity contribution in [3.8, 4) is 189 Å². The fourth-order valence-corrected chi connectivity index (χ4v) is 18.0. The molecule has 0 N–H and O–H groups in total. The Bertz CT molecular complexity index is 7360. The van der Waals surface area contributed by atoms with E-state index in [4.69, 9.17) is 0 Å². The van der Waals surface area contributed by atoms with Gasteiger partial charge in [-0.15, -0.1) is 0 Å². The van der Waals surface area contributed by atoms with Crippen LogP contribution in [0.1, 0.15) is 27.8 Å². The first-order valence-electron chi connectivity index (χ1n) is 47.3. The molecule has 0 aliphatic carbocycles. The van der Waals surface area contributed by atoms with Crippen molar-refractivity contribution in [3.05, 3.63) is 592 Å². The van der Waals surface area contributed by atoms with Gasteiger partial charge in [0.2, 0.25) is 0 Å². The van der Waals surface area contributed by atoms with Crippen molar-refractivity contribution in [3.63, 3.8) is 0 Å². The first-order valence-corrected chi connectivity index (χ1v) is 47.3. The molecule has 137 heavy (non-hydrogen) atoms. The maximum absolute atomic E-state index is 2.35. The molecule has 0 aliphatic rings. The average molecular weight is 1750 g/mol. The van der Waals surface area contributed by atoms with E-state index in [1.54, 1.807) is 0 Å². The molecule has 0 heterocycles. The monoisotopic (exact) mass is 1750 g/mol. The molecule has 22 rings (SSSR count). The summed E-state index contributed by atoms with van der Waals surface area (Å²) < 4.78 is 0. The van der Waals surface area contributed by atoms with Crippen molar-refractivity contribution >= 4 is 0 Å². The topological polar surface area (TPSA) is 0 Å². The molecule has 0 unspecified atom stereocenters. The lowest BCUT2D eigenvalue weighted by atomic mass is 9.89. The Labute approximate surface area is 809 Å². The minimum Gasteiger partial charge on any atom is -0.0622 e. The summed E-state index contributed by atoms with van der Waals surface area (Å²) in [5.74, 6) is 0. The van der Waals surface area contributed by atoms with E-state index in [1.165, 1.54) is 217 Å². The summed E-state index contributed by atoms with van der Waals surface area (Å²) in [6.45, 7) is 10.8. The van der Waals surface area contributed by atoms with Crippen molar-refractivity contribution in [1.29, 1.82) is 0 Å². The molecule has 0 saturated carbocycles. The van der Waals surface area contributed by atoms with Crippen LogP contribution in [-0.4, -0.2) is 0 Å². The first-order chi connectivity index (χ1) is 67.4. The number of hydrogen-bond donors (Lipinski definition) is 0. The Morgan fingerprint density at radius 2 is 0.248 bits per heavy atom. The minimum atomic E-state index is 1.22. The summed E-state index contributed by atoms with van der Waals surface area (Å²) in [6, 6.07) is 201. The fraction of sp³-hybridized carbons (Fsp3) is 0.0365. The van der Waals surface area contributed by atoms with E-state index < -0.39 is 0 Å². The highest BCUT2D eigenvalue weighted by molar-refractivity contribution is 5.89. The van der Waals surface area contributed by atoms with Gasteiger partial charge in [0, 0.05) is 0 Å². The van der Waals surface area contributed by atoms with Gasteiger partial charge in [-0.3, -0.25) is 0 Å². The molecule has 0 fully saturated rings. The first kappa shape index (κ1) is 90.4. The Hall–Kier alpha value is -17.2. The normalized spacial score (nSPS) is 10.7. The smallest absolute Gasteiger partial charge is 0.0103 e. The van der Waals surface area contributed by atoms with Crippen LogP contribution >= 0.6 is 0 Å². The number of aryl methyl sites for hydroxylation is 5. The van der Waals surface area contributed by atoms with E-state index in [0.29, 0.717) is 0 Å². The molecule has 0 aliphatic heterocycles. The van der Waals surface area contributed by atoms with Crippen LogP contribution in [0.5, 0.6) is 0 Å². The van der Waals surface area contributed by atoms with Crippen LogP contribution < -0.4 is 0 Å². The quantitative estimate of drug-likeness (QED) is 0.0852. The van der Waals surface area contributed by atoms with Gasteiger partial charge in [0.25, 0.3) is 0 Å². The minimum absolute atomic E-state index is 1.22. The lowest BCUT2D eigenvalue weighted by Crippen LogP contribution is -1.90. The predicted molar refractivity (Wildman–Crippen MR) is 588 cm³/mol. The molecule has 0 spiro atoms. The van der Waals surface area contributed by atoms with Crippen LogP contribution in [-0.2, 0) is 0 Å². The van der Waals surface area contributed by atoms with Crippen molar-refractivity contribution < 1.29 is 0 Å². The zero-order valence-electron chi connectivity index (χ0n) is 78.2. The van der Waals surface area contributed by atoms with E-state index in [2.05, 4.69) is 599 Å². The largest absolute Gasteiger partial charge is 0.0622 e. The van der Waals surface area contributed by atoms with Gasteiger partial charge >= 0.3 is 0 Å². The van der Waals surface area contributed by atoms with Crippen LogP contribution in [0.15, 0.2) is 564 Å².